The van der Waals surface area contributed by atoms with Crippen LogP contribution in [-0.4, -0.2) is 18.3 Å². The number of amides is 1. The van der Waals surface area contributed by atoms with Crippen molar-refractivity contribution < 1.29 is 13.6 Å². The van der Waals surface area contributed by atoms with Crippen LogP contribution in [0.5, 0.6) is 0 Å². The molecular weight excluding hydrogens is 284 g/mol. The van der Waals surface area contributed by atoms with Crippen molar-refractivity contribution in [3.8, 4) is 0 Å². The summed E-state index contributed by atoms with van der Waals surface area (Å²) in [6, 6.07) is 3.41. The van der Waals surface area contributed by atoms with E-state index in [-0.39, 0.29) is 0 Å². The maximum Gasteiger partial charge on any atom is 0.257 e. The topological polar surface area (TPSA) is 29.1 Å². The third-order valence-corrected chi connectivity index (χ3v) is 4.38. The van der Waals surface area contributed by atoms with Crippen LogP contribution < -0.4 is 5.32 Å². The second-order valence-electron chi connectivity index (χ2n) is 5.27. The predicted octanol–water partition coefficient (Wildman–Crippen LogP) is 3.74. The smallest absolute Gasteiger partial charge is 0.257 e. The quantitative estimate of drug-likeness (QED) is 0.843. The zero-order valence-corrected chi connectivity index (χ0v) is 11.9. The molecule has 0 bridgehead atoms. The van der Waals surface area contributed by atoms with E-state index in [1.807, 2.05) is 0 Å². The fourth-order valence-corrected chi connectivity index (χ4v) is 3.19. The number of carbonyl (C=O) groups is 1. The van der Waals surface area contributed by atoms with Gasteiger partial charge in [-0.15, -0.1) is 11.6 Å². The van der Waals surface area contributed by atoms with Crippen LogP contribution in [0.3, 0.4) is 0 Å². The lowest BCUT2D eigenvalue weighted by molar-refractivity contribution is 0.0928. The van der Waals surface area contributed by atoms with Gasteiger partial charge in [-0.05, 0) is 36.8 Å². The number of benzene rings is 1. The fourth-order valence-electron chi connectivity index (χ4n) is 2.78. The molecule has 0 spiro atoms. The Morgan fingerprint density at radius 3 is 2.40 bits per heavy atom. The predicted molar refractivity (Wildman–Crippen MR) is 74.9 cm³/mol. The van der Waals surface area contributed by atoms with Crippen LogP contribution in [0.2, 0.25) is 0 Å². The van der Waals surface area contributed by atoms with Crippen molar-refractivity contribution in [1.29, 1.82) is 0 Å². The van der Waals surface area contributed by atoms with E-state index in [1.165, 1.54) is 6.07 Å². The molecule has 0 radical (unpaired) electrons. The van der Waals surface area contributed by atoms with Crippen LogP contribution in [0.15, 0.2) is 18.2 Å². The standard InChI is InChI=1S/C15H18ClF2NO/c16-8-10-4-1-2-5-11(10)9-19-15(20)14-12(17)6-3-7-13(14)18/h3,6-7,10-11H,1-2,4-5,8-9H2,(H,19,20). The maximum absolute atomic E-state index is 13.5. The number of rotatable bonds is 4. The molecule has 0 saturated heterocycles. The van der Waals surface area contributed by atoms with Crippen molar-refractivity contribution >= 4 is 17.5 Å². The fraction of sp³-hybridized carbons (Fsp3) is 0.533. The molecule has 1 aromatic carbocycles. The summed E-state index contributed by atoms with van der Waals surface area (Å²) in [7, 11) is 0. The minimum absolute atomic E-state index is 0.292. The molecule has 0 aliphatic heterocycles. The highest BCUT2D eigenvalue weighted by atomic mass is 35.5. The lowest BCUT2D eigenvalue weighted by Crippen LogP contribution is -2.35. The largest absolute Gasteiger partial charge is 0.352 e. The van der Waals surface area contributed by atoms with E-state index in [0.717, 1.165) is 37.8 Å². The summed E-state index contributed by atoms with van der Waals surface area (Å²) in [5, 5.41) is 2.64. The zero-order valence-electron chi connectivity index (χ0n) is 11.2. The summed E-state index contributed by atoms with van der Waals surface area (Å²) >= 11 is 5.93. The van der Waals surface area contributed by atoms with E-state index in [4.69, 9.17) is 11.6 Å². The lowest BCUT2D eigenvalue weighted by atomic mass is 9.80. The van der Waals surface area contributed by atoms with Gasteiger partial charge in [-0.25, -0.2) is 8.78 Å². The molecule has 1 aliphatic carbocycles. The molecule has 110 valence electrons. The Bertz CT molecular complexity index is 461. The van der Waals surface area contributed by atoms with Gasteiger partial charge in [0.05, 0.1) is 0 Å². The van der Waals surface area contributed by atoms with Gasteiger partial charge in [0.15, 0.2) is 0 Å². The number of carbonyl (C=O) groups excluding carboxylic acids is 1. The van der Waals surface area contributed by atoms with E-state index in [0.29, 0.717) is 24.3 Å². The summed E-state index contributed by atoms with van der Waals surface area (Å²) in [5.41, 5.74) is -0.509. The van der Waals surface area contributed by atoms with E-state index in [2.05, 4.69) is 5.32 Å². The second kappa shape index (κ2) is 7.02. The molecule has 1 saturated carbocycles. The van der Waals surface area contributed by atoms with E-state index >= 15 is 0 Å². The van der Waals surface area contributed by atoms with Crippen LogP contribution in [0.4, 0.5) is 8.78 Å². The molecule has 20 heavy (non-hydrogen) atoms. The highest BCUT2D eigenvalue weighted by Gasteiger charge is 2.25. The number of alkyl halides is 1. The van der Waals surface area contributed by atoms with Gasteiger partial charge in [0.2, 0.25) is 0 Å². The molecule has 2 nitrogen and oxygen atoms in total. The average molecular weight is 302 g/mol. The minimum atomic E-state index is -0.833. The van der Waals surface area contributed by atoms with Crippen molar-refractivity contribution in [2.75, 3.05) is 12.4 Å². The van der Waals surface area contributed by atoms with E-state index in [9.17, 15) is 13.6 Å². The normalized spacial score (nSPS) is 22.6. The molecule has 1 N–H and O–H groups in total. The molecule has 1 fully saturated rings. The number of halogens is 3. The Morgan fingerprint density at radius 1 is 1.20 bits per heavy atom. The Kier molecular flexibility index (Phi) is 5.35. The van der Waals surface area contributed by atoms with Gasteiger partial charge in [-0.3, -0.25) is 4.79 Å². The van der Waals surface area contributed by atoms with Crippen LogP contribution in [-0.2, 0) is 0 Å². The van der Waals surface area contributed by atoms with Crippen LogP contribution in [0, 0.1) is 23.5 Å². The van der Waals surface area contributed by atoms with Gasteiger partial charge < -0.3 is 5.32 Å². The minimum Gasteiger partial charge on any atom is -0.352 e. The van der Waals surface area contributed by atoms with Crippen molar-refractivity contribution in [2.45, 2.75) is 25.7 Å². The average Bonchev–Trinajstić information content (AvgIpc) is 2.45. The first-order chi connectivity index (χ1) is 9.63. The Balaban J connectivity index is 1.98. The van der Waals surface area contributed by atoms with Crippen LogP contribution in [0.1, 0.15) is 36.0 Å². The van der Waals surface area contributed by atoms with Crippen LogP contribution >= 0.6 is 11.6 Å². The SMILES string of the molecule is O=C(NCC1CCCCC1CCl)c1c(F)cccc1F. The highest BCUT2D eigenvalue weighted by molar-refractivity contribution is 6.18. The number of hydrogen-bond acceptors (Lipinski definition) is 1. The summed E-state index contributed by atoms with van der Waals surface area (Å²) in [4.78, 5) is 11.9. The third-order valence-electron chi connectivity index (χ3n) is 3.98. The summed E-state index contributed by atoms with van der Waals surface area (Å²) in [5.74, 6) is -1.13. The molecule has 1 amide bonds. The summed E-state index contributed by atoms with van der Waals surface area (Å²) in [6.45, 7) is 0.421. The van der Waals surface area contributed by atoms with Crippen molar-refractivity contribution in [3.05, 3.63) is 35.4 Å². The Morgan fingerprint density at radius 2 is 1.80 bits per heavy atom. The molecule has 5 heteroatoms. The first-order valence-electron chi connectivity index (χ1n) is 6.91. The van der Waals surface area contributed by atoms with Gasteiger partial charge in [0.1, 0.15) is 17.2 Å². The Hall–Kier alpha value is -1.16. The third kappa shape index (κ3) is 3.48. The van der Waals surface area contributed by atoms with Gasteiger partial charge in [0, 0.05) is 12.4 Å². The second-order valence-corrected chi connectivity index (χ2v) is 5.57. The monoisotopic (exact) mass is 301 g/mol. The van der Waals surface area contributed by atoms with Crippen molar-refractivity contribution in [3.63, 3.8) is 0 Å². The molecular formula is C15H18ClF2NO. The van der Waals surface area contributed by atoms with Crippen LogP contribution in [0.25, 0.3) is 0 Å². The van der Waals surface area contributed by atoms with Gasteiger partial charge >= 0.3 is 0 Å². The van der Waals surface area contributed by atoms with Gasteiger partial charge in [0.25, 0.3) is 5.91 Å². The molecule has 2 atom stereocenters. The van der Waals surface area contributed by atoms with E-state index in [1.54, 1.807) is 0 Å². The molecule has 1 aliphatic rings. The molecule has 0 aromatic heterocycles. The molecule has 2 unspecified atom stereocenters. The van der Waals surface area contributed by atoms with Gasteiger partial charge in [-0.2, -0.15) is 0 Å². The first-order valence-corrected chi connectivity index (χ1v) is 7.45. The lowest BCUT2D eigenvalue weighted by Gasteiger charge is -2.30. The summed E-state index contributed by atoms with van der Waals surface area (Å²) < 4.78 is 27.0. The zero-order chi connectivity index (χ0) is 14.5. The van der Waals surface area contributed by atoms with Gasteiger partial charge in [-0.1, -0.05) is 18.9 Å². The first kappa shape index (κ1) is 15.2. The van der Waals surface area contributed by atoms with Crippen molar-refractivity contribution in [2.24, 2.45) is 11.8 Å². The number of nitrogens with one attached hydrogen (secondary N) is 1. The molecule has 2 rings (SSSR count). The number of hydrogen-bond donors (Lipinski definition) is 1. The summed E-state index contributed by atoms with van der Waals surface area (Å²) in [6.07, 6.45) is 4.32. The molecule has 1 aromatic rings. The maximum atomic E-state index is 13.5. The van der Waals surface area contributed by atoms with Crippen molar-refractivity contribution in [1.82, 2.24) is 5.32 Å². The Labute approximate surface area is 122 Å². The molecule has 0 heterocycles. The van der Waals surface area contributed by atoms with E-state index < -0.39 is 23.1 Å². The highest BCUT2D eigenvalue weighted by Crippen LogP contribution is 2.30.